The minimum atomic E-state index is -0.193. The Kier molecular flexibility index (Phi) is 6.94. The number of nitrogens with zero attached hydrogens (tertiary/aromatic N) is 2. The van der Waals surface area contributed by atoms with Gasteiger partial charge >= 0.3 is 0 Å². The van der Waals surface area contributed by atoms with Gasteiger partial charge in [0.1, 0.15) is 11.6 Å². The van der Waals surface area contributed by atoms with Gasteiger partial charge in [-0.3, -0.25) is 9.69 Å². The Balaban J connectivity index is 1.52. The Bertz CT molecular complexity index is 803. The van der Waals surface area contributed by atoms with Crippen LogP contribution >= 0.6 is 23.2 Å². The zero-order valence-electron chi connectivity index (χ0n) is 14.8. The van der Waals surface area contributed by atoms with E-state index in [1.54, 1.807) is 35.2 Å². The lowest BCUT2D eigenvalue weighted by atomic mass is 10.2. The van der Waals surface area contributed by atoms with Crippen LogP contribution in [0.4, 0.5) is 4.39 Å². The maximum absolute atomic E-state index is 13.8. The summed E-state index contributed by atoms with van der Waals surface area (Å²) in [6, 6.07) is 11.7. The highest BCUT2D eigenvalue weighted by Gasteiger charge is 2.20. The van der Waals surface area contributed by atoms with Crippen molar-refractivity contribution < 1.29 is 13.9 Å². The topological polar surface area (TPSA) is 32.8 Å². The molecule has 27 heavy (non-hydrogen) atoms. The van der Waals surface area contributed by atoms with E-state index in [0.29, 0.717) is 47.5 Å². The molecule has 1 aliphatic heterocycles. The predicted molar refractivity (Wildman–Crippen MR) is 105 cm³/mol. The molecule has 0 bridgehead atoms. The lowest BCUT2D eigenvalue weighted by Crippen LogP contribution is -2.38. The molecule has 1 heterocycles. The van der Waals surface area contributed by atoms with Crippen LogP contribution in [0, 0.1) is 5.82 Å². The Hall–Kier alpha value is -1.82. The molecule has 1 saturated heterocycles. The number of amides is 1. The number of carbonyl (C=O) groups excluding carboxylic acids is 1. The number of hydrogen-bond donors (Lipinski definition) is 0. The number of benzene rings is 2. The first-order valence-corrected chi connectivity index (χ1v) is 9.60. The van der Waals surface area contributed by atoms with Gasteiger partial charge in [-0.2, -0.15) is 0 Å². The second kappa shape index (κ2) is 9.40. The summed E-state index contributed by atoms with van der Waals surface area (Å²) in [4.78, 5) is 16.4. The lowest BCUT2D eigenvalue weighted by molar-refractivity contribution is -0.133. The van der Waals surface area contributed by atoms with E-state index in [9.17, 15) is 9.18 Å². The maximum Gasteiger partial charge on any atom is 0.260 e. The van der Waals surface area contributed by atoms with Crippen LogP contribution in [0.25, 0.3) is 0 Å². The van der Waals surface area contributed by atoms with Crippen LogP contribution in [-0.2, 0) is 11.3 Å². The normalized spacial score (nSPS) is 15.4. The van der Waals surface area contributed by atoms with Gasteiger partial charge < -0.3 is 9.64 Å². The molecule has 0 unspecified atom stereocenters. The highest BCUT2D eigenvalue weighted by Crippen LogP contribution is 2.27. The van der Waals surface area contributed by atoms with Gasteiger partial charge in [0, 0.05) is 49.4 Å². The van der Waals surface area contributed by atoms with Gasteiger partial charge in [-0.25, -0.2) is 4.39 Å². The molecule has 1 aliphatic rings. The van der Waals surface area contributed by atoms with Gasteiger partial charge in [0.25, 0.3) is 5.91 Å². The Labute approximate surface area is 168 Å². The summed E-state index contributed by atoms with van der Waals surface area (Å²) in [5.74, 6) is 0.105. The van der Waals surface area contributed by atoms with E-state index in [0.717, 1.165) is 13.0 Å². The zero-order chi connectivity index (χ0) is 19.2. The van der Waals surface area contributed by atoms with E-state index in [2.05, 4.69) is 4.90 Å². The molecule has 2 aromatic rings. The lowest BCUT2D eigenvalue weighted by Gasteiger charge is -2.22. The third-order valence-corrected chi connectivity index (χ3v) is 5.08. The standard InChI is InChI=1S/C20H21Cl2FN2O2/c21-16-6-7-17(22)19(12-16)27-14-20(26)25-9-3-8-24(10-11-25)13-15-4-1-2-5-18(15)23/h1-2,4-7,12H,3,8-11,13-14H2. The zero-order valence-corrected chi connectivity index (χ0v) is 16.3. The summed E-state index contributed by atoms with van der Waals surface area (Å²) >= 11 is 12.0. The van der Waals surface area contributed by atoms with Crippen molar-refractivity contribution >= 4 is 29.1 Å². The molecule has 4 nitrogen and oxygen atoms in total. The summed E-state index contributed by atoms with van der Waals surface area (Å²) in [6.07, 6.45) is 0.831. The summed E-state index contributed by atoms with van der Waals surface area (Å²) in [5, 5.41) is 0.916. The van der Waals surface area contributed by atoms with Gasteiger partial charge in [-0.05, 0) is 24.6 Å². The van der Waals surface area contributed by atoms with Crippen molar-refractivity contribution in [2.24, 2.45) is 0 Å². The maximum atomic E-state index is 13.8. The minimum absolute atomic E-state index is 0.0899. The van der Waals surface area contributed by atoms with Crippen molar-refractivity contribution in [1.82, 2.24) is 9.80 Å². The molecule has 1 fully saturated rings. The fourth-order valence-corrected chi connectivity index (χ4v) is 3.40. The fraction of sp³-hybridized carbons (Fsp3) is 0.350. The molecule has 2 aromatic carbocycles. The van der Waals surface area contributed by atoms with Crippen LogP contribution in [0.2, 0.25) is 10.0 Å². The molecule has 0 spiro atoms. The molecule has 0 aliphatic carbocycles. The summed E-state index contributed by atoms with van der Waals surface area (Å²) in [7, 11) is 0. The molecule has 0 aromatic heterocycles. The second-order valence-corrected chi connectivity index (χ2v) is 7.31. The van der Waals surface area contributed by atoms with E-state index >= 15 is 0 Å². The minimum Gasteiger partial charge on any atom is -0.482 e. The van der Waals surface area contributed by atoms with Gasteiger partial charge in [-0.1, -0.05) is 41.4 Å². The summed E-state index contributed by atoms with van der Waals surface area (Å²) in [6.45, 7) is 3.20. The molecule has 0 saturated carbocycles. The number of rotatable bonds is 5. The number of hydrogen-bond acceptors (Lipinski definition) is 3. The van der Waals surface area contributed by atoms with E-state index in [-0.39, 0.29) is 18.3 Å². The molecular weight excluding hydrogens is 390 g/mol. The van der Waals surface area contributed by atoms with Gasteiger partial charge in [-0.15, -0.1) is 0 Å². The summed E-state index contributed by atoms with van der Waals surface area (Å²) in [5.41, 5.74) is 0.677. The van der Waals surface area contributed by atoms with Crippen molar-refractivity contribution in [2.45, 2.75) is 13.0 Å². The molecule has 1 amide bonds. The average molecular weight is 411 g/mol. The Morgan fingerprint density at radius 2 is 1.89 bits per heavy atom. The molecule has 144 valence electrons. The van der Waals surface area contributed by atoms with Crippen molar-refractivity contribution in [3.63, 3.8) is 0 Å². The van der Waals surface area contributed by atoms with Gasteiger partial charge in [0.05, 0.1) is 5.02 Å². The Morgan fingerprint density at radius 3 is 2.70 bits per heavy atom. The SMILES string of the molecule is O=C(COc1cc(Cl)ccc1Cl)N1CCCN(Cc2ccccc2F)CC1. The molecular formula is C20H21Cl2FN2O2. The smallest absolute Gasteiger partial charge is 0.260 e. The number of carbonyl (C=O) groups is 1. The summed E-state index contributed by atoms with van der Waals surface area (Å²) < 4.78 is 19.4. The molecule has 0 radical (unpaired) electrons. The quantitative estimate of drug-likeness (QED) is 0.738. The molecule has 3 rings (SSSR count). The van der Waals surface area contributed by atoms with E-state index in [1.807, 2.05) is 6.07 Å². The first-order valence-electron chi connectivity index (χ1n) is 8.84. The second-order valence-electron chi connectivity index (χ2n) is 6.47. The first-order chi connectivity index (χ1) is 13.0. The molecule has 0 N–H and O–H groups in total. The van der Waals surface area contributed by atoms with Crippen LogP contribution in [-0.4, -0.2) is 48.5 Å². The van der Waals surface area contributed by atoms with E-state index < -0.39 is 0 Å². The number of halogens is 3. The van der Waals surface area contributed by atoms with E-state index in [1.165, 1.54) is 6.07 Å². The van der Waals surface area contributed by atoms with Crippen LogP contribution < -0.4 is 4.74 Å². The van der Waals surface area contributed by atoms with Crippen molar-refractivity contribution in [2.75, 3.05) is 32.8 Å². The molecule has 0 atom stereocenters. The highest BCUT2D eigenvalue weighted by molar-refractivity contribution is 6.34. The molecule has 7 heteroatoms. The van der Waals surface area contributed by atoms with Crippen LogP contribution in [0.1, 0.15) is 12.0 Å². The van der Waals surface area contributed by atoms with Crippen LogP contribution in [0.5, 0.6) is 5.75 Å². The fourth-order valence-electron chi connectivity index (χ4n) is 3.06. The van der Waals surface area contributed by atoms with Crippen LogP contribution in [0.15, 0.2) is 42.5 Å². The van der Waals surface area contributed by atoms with Crippen molar-refractivity contribution in [3.05, 3.63) is 63.9 Å². The predicted octanol–water partition coefficient (Wildman–Crippen LogP) is 4.25. The van der Waals surface area contributed by atoms with E-state index in [4.69, 9.17) is 27.9 Å². The first kappa shape index (κ1) is 19.9. The van der Waals surface area contributed by atoms with Gasteiger partial charge in [0.2, 0.25) is 0 Å². The largest absolute Gasteiger partial charge is 0.482 e. The third-order valence-electron chi connectivity index (χ3n) is 4.54. The third kappa shape index (κ3) is 5.58. The highest BCUT2D eigenvalue weighted by atomic mass is 35.5. The Morgan fingerprint density at radius 1 is 1.07 bits per heavy atom. The van der Waals surface area contributed by atoms with Crippen LogP contribution in [0.3, 0.4) is 0 Å². The van der Waals surface area contributed by atoms with Crippen molar-refractivity contribution in [3.8, 4) is 5.75 Å². The van der Waals surface area contributed by atoms with Gasteiger partial charge in [0.15, 0.2) is 6.61 Å². The average Bonchev–Trinajstić information content (AvgIpc) is 2.90. The number of ether oxygens (including phenoxy) is 1. The van der Waals surface area contributed by atoms with Crippen molar-refractivity contribution in [1.29, 1.82) is 0 Å². The monoisotopic (exact) mass is 410 g/mol.